The average Bonchev–Trinajstić information content (AvgIpc) is 2.74. The van der Waals surface area contributed by atoms with Crippen molar-refractivity contribution in [2.75, 3.05) is 17.1 Å². The quantitative estimate of drug-likeness (QED) is 0.521. The molecule has 160 valence electrons. The number of ether oxygens (including phenoxy) is 1. The molecule has 8 nitrogen and oxygen atoms in total. The Morgan fingerprint density at radius 1 is 0.903 bits per heavy atom. The number of rotatable bonds is 7. The molecule has 0 aliphatic rings. The van der Waals surface area contributed by atoms with Crippen molar-refractivity contribution in [1.82, 2.24) is 0 Å². The molecule has 0 aromatic heterocycles. The predicted molar refractivity (Wildman–Crippen MR) is 118 cm³/mol. The Morgan fingerprint density at radius 2 is 1.52 bits per heavy atom. The summed E-state index contributed by atoms with van der Waals surface area (Å²) >= 11 is 0. The Labute approximate surface area is 180 Å². The molecule has 9 heteroatoms. The summed E-state index contributed by atoms with van der Waals surface area (Å²) in [5, 5.41) is 2.69. The summed E-state index contributed by atoms with van der Waals surface area (Å²) in [6.45, 7) is 1.91. The highest BCUT2D eigenvalue weighted by atomic mass is 32.2. The maximum absolute atomic E-state index is 12.8. The number of hydrogen-bond donors (Lipinski definition) is 3. The van der Waals surface area contributed by atoms with E-state index in [0.29, 0.717) is 11.3 Å². The van der Waals surface area contributed by atoms with E-state index in [-0.39, 0.29) is 21.8 Å². The van der Waals surface area contributed by atoms with Gasteiger partial charge in [-0.2, -0.15) is 0 Å². The number of aryl methyl sites for hydroxylation is 1. The van der Waals surface area contributed by atoms with Gasteiger partial charge in [0.1, 0.15) is 5.75 Å². The maximum Gasteiger partial charge on any atom is 0.261 e. The van der Waals surface area contributed by atoms with Crippen LogP contribution in [0.15, 0.2) is 71.6 Å². The minimum atomic E-state index is -3.97. The van der Waals surface area contributed by atoms with Crippen molar-refractivity contribution in [2.45, 2.75) is 11.8 Å². The first kappa shape index (κ1) is 21.8. The number of anilines is 2. The zero-order chi connectivity index (χ0) is 22.6. The molecule has 0 spiro atoms. The van der Waals surface area contributed by atoms with Gasteiger partial charge < -0.3 is 15.8 Å². The normalized spacial score (nSPS) is 10.9. The second-order valence-electron chi connectivity index (χ2n) is 6.73. The van der Waals surface area contributed by atoms with Gasteiger partial charge >= 0.3 is 0 Å². The number of carbonyl (C=O) groups excluding carboxylic acids is 2. The zero-order valence-corrected chi connectivity index (χ0v) is 17.7. The number of hydrogen-bond acceptors (Lipinski definition) is 5. The van der Waals surface area contributed by atoms with Crippen molar-refractivity contribution in [3.05, 3.63) is 83.4 Å². The van der Waals surface area contributed by atoms with Crippen molar-refractivity contribution in [2.24, 2.45) is 5.73 Å². The van der Waals surface area contributed by atoms with Gasteiger partial charge in [0.2, 0.25) is 5.91 Å². The van der Waals surface area contributed by atoms with Crippen LogP contribution in [0.4, 0.5) is 11.4 Å². The van der Waals surface area contributed by atoms with Gasteiger partial charge in [-0.25, -0.2) is 8.42 Å². The van der Waals surface area contributed by atoms with Crippen molar-refractivity contribution in [3.8, 4) is 5.75 Å². The summed E-state index contributed by atoms with van der Waals surface area (Å²) in [5.74, 6) is -0.702. The highest BCUT2D eigenvalue weighted by molar-refractivity contribution is 7.92. The first-order chi connectivity index (χ1) is 14.7. The summed E-state index contributed by atoms with van der Waals surface area (Å²) in [5.41, 5.74) is 7.35. The van der Waals surface area contributed by atoms with Gasteiger partial charge in [-0.05, 0) is 61.5 Å². The summed E-state index contributed by atoms with van der Waals surface area (Å²) in [6.07, 6.45) is 0. The summed E-state index contributed by atoms with van der Waals surface area (Å²) < 4.78 is 33.3. The zero-order valence-electron chi connectivity index (χ0n) is 16.9. The van der Waals surface area contributed by atoms with E-state index in [9.17, 15) is 18.0 Å². The van der Waals surface area contributed by atoms with Crippen molar-refractivity contribution in [3.63, 3.8) is 0 Å². The van der Waals surface area contributed by atoms with Gasteiger partial charge in [-0.1, -0.05) is 17.7 Å². The Hall–Kier alpha value is -3.85. The molecular formula is C22H21N3O5S. The van der Waals surface area contributed by atoms with Crippen LogP contribution >= 0.6 is 0 Å². The fourth-order valence-electron chi connectivity index (χ4n) is 2.77. The fraction of sp³-hybridized carbons (Fsp3) is 0.0909. The molecule has 0 atom stereocenters. The highest BCUT2D eigenvalue weighted by Crippen LogP contribution is 2.29. The van der Waals surface area contributed by atoms with Crippen LogP contribution in [0, 0.1) is 6.92 Å². The minimum absolute atomic E-state index is 0.0773. The molecule has 0 saturated heterocycles. The SMILES string of the molecule is COc1ccc(S(=O)(=O)Nc2ccc(C(N)=O)cc2)cc1NC(=O)c1ccc(C)cc1. The van der Waals surface area contributed by atoms with Crippen molar-refractivity contribution >= 4 is 33.2 Å². The maximum atomic E-state index is 12.8. The second-order valence-corrected chi connectivity index (χ2v) is 8.41. The van der Waals surface area contributed by atoms with E-state index in [0.717, 1.165) is 5.56 Å². The number of sulfonamides is 1. The fourth-order valence-corrected chi connectivity index (χ4v) is 3.85. The van der Waals surface area contributed by atoms with E-state index in [1.807, 2.05) is 6.92 Å². The van der Waals surface area contributed by atoms with Crippen LogP contribution in [-0.2, 0) is 10.0 Å². The lowest BCUT2D eigenvalue weighted by molar-refractivity contribution is 0.0997. The molecule has 0 radical (unpaired) electrons. The molecular weight excluding hydrogens is 418 g/mol. The molecule has 3 aromatic carbocycles. The number of carbonyl (C=O) groups is 2. The largest absolute Gasteiger partial charge is 0.495 e. The Morgan fingerprint density at radius 3 is 2.10 bits per heavy atom. The van der Waals surface area contributed by atoms with Crippen molar-refractivity contribution < 1.29 is 22.7 Å². The lowest BCUT2D eigenvalue weighted by Crippen LogP contribution is -2.16. The number of nitrogens with two attached hydrogens (primary N) is 1. The number of nitrogens with one attached hydrogen (secondary N) is 2. The van der Waals surface area contributed by atoms with Crippen LogP contribution in [-0.4, -0.2) is 27.3 Å². The van der Waals surface area contributed by atoms with Gasteiger partial charge in [0.05, 0.1) is 17.7 Å². The van der Waals surface area contributed by atoms with Gasteiger partial charge in [0, 0.05) is 16.8 Å². The summed E-state index contributed by atoms with van der Waals surface area (Å²) in [6, 6.07) is 16.8. The Bertz CT molecular complexity index is 1220. The molecule has 0 unspecified atom stereocenters. The standard InChI is InChI=1S/C22H21N3O5S/c1-14-3-5-16(6-4-14)22(27)24-19-13-18(11-12-20(19)30-2)31(28,29)25-17-9-7-15(8-10-17)21(23)26/h3-13,25H,1-2H3,(H2,23,26)(H,24,27). The van der Waals surface area contributed by atoms with Crippen LogP contribution in [0.1, 0.15) is 26.3 Å². The molecule has 0 heterocycles. The average molecular weight is 439 g/mol. The molecule has 3 rings (SSSR count). The van der Waals surface area contributed by atoms with E-state index >= 15 is 0 Å². The van der Waals surface area contributed by atoms with E-state index in [1.165, 1.54) is 49.6 Å². The molecule has 0 aliphatic heterocycles. The van der Waals surface area contributed by atoms with Crippen LogP contribution in [0.25, 0.3) is 0 Å². The van der Waals surface area contributed by atoms with Crippen molar-refractivity contribution in [1.29, 1.82) is 0 Å². The predicted octanol–water partition coefficient (Wildman–Crippen LogP) is 3.16. The van der Waals surface area contributed by atoms with Crippen LogP contribution < -0.4 is 20.5 Å². The summed E-state index contributed by atoms with van der Waals surface area (Å²) in [7, 11) is -2.55. The lowest BCUT2D eigenvalue weighted by Gasteiger charge is -2.14. The van der Waals surface area contributed by atoms with Gasteiger partial charge in [0.15, 0.2) is 0 Å². The molecule has 31 heavy (non-hydrogen) atoms. The first-order valence-corrected chi connectivity index (χ1v) is 10.7. The lowest BCUT2D eigenvalue weighted by atomic mass is 10.1. The van der Waals surface area contributed by atoms with E-state index in [1.54, 1.807) is 24.3 Å². The van der Waals surface area contributed by atoms with Gasteiger partial charge in [0.25, 0.3) is 15.9 Å². The molecule has 0 fully saturated rings. The number of amides is 2. The molecule has 4 N–H and O–H groups in total. The van der Waals surface area contributed by atoms with Gasteiger partial charge in [-0.15, -0.1) is 0 Å². The third-order valence-electron chi connectivity index (χ3n) is 4.46. The Balaban J connectivity index is 1.86. The molecule has 0 bridgehead atoms. The van der Waals surface area contributed by atoms with E-state index in [4.69, 9.17) is 10.5 Å². The Kier molecular flexibility index (Phi) is 6.26. The number of methoxy groups -OCH3 is 1. The second kappa shape index (κ2) is 8.88. The molecule has 2 amide bonds. The first-order valence-electron chi connectivity index (χ1n) is 9.18. The third-order valence-corrected chi connectivity index (χ3v) is 5.84. The third kappa shape index (κ3) is 5.20. The minimum Gasteiger partial charge on any atom is -0.495 e. The number of primary amides is 1. The smallest absolute Gasteiger partial charge is 0.261 e. The number of benzene rings is 3. The van der Waals surface area contributed by atoms with Crippen LogP contribution in [0.5, 0.6) is 5.75 Å². The molecule has 0 aliphatic carbocycles. The molecule has 0 saturated carbocycles. The monoisotopic (exact) mass is 439 g/mol. The highest BCUT2D eigenvalue weighted by Gasteiger charge is 2.18. The topological polar surface area (TPSA) is 128 Å². The van der Waals surface area contributed by atoms with Gasteiger partial charge in [-0.3, -0.25) is 14.3 Å². The van der Waals surface area contributed by atoms with E-state index < -0.39 is 21.8 Å². The molecule has 3 aromatic rings. The summed E-state index contributed by atoms with van der Waals surface area (Å²) in [4.78, 5) is 23.6. The van der Waals surface area contributed by atoms with Crippen LogP contribution in [0.2, 0.25) is 0 Å². The van der Waals surface area contributed by atoms with E-state index in [2.05, 4.69) is 10.0 Å². The van der Waals surface area contributed by atoms with Crippen LogP contribution in [0.3, 0.4) is 0 Å².